The highest BCUT2D eigenvalue weighted by Gasteiger charge is 2.22. The Kier molecular flexibility index (Phi) is 7.12. The van der Waals surface area contributed by atoms with Crippen LogP contribution in [0.4, 0.5) is 0 Å². The maximum absolute atomic E-state index is 12.1. The second kappa shape index (κ2) is 8.85. The smallest absolute Gasteiger partial charge is 0.234 e. The van der Waals surface area contributed by atoms with Crippen LogP contribution in [0.15, 0.2) is 0 Å². The zero-order valence-electron chi connectivity index (χ0n) is 14.5. The van der Waals surface area contributed by atoms with Gasteiger partial charge in [-0.1, -0.05) is 20.8 Å². The summed E-state index contributed by atoms with van der Waals surface area (Å²) < 4.78 is 5.78. The van der Waals surface area contributed by atoms with E-state index >= 15 is 0 Å². The molecule has 2 saturated heterocycles. The van der Waals surface area contributed by atoms with E-state index in [-0.39, 0.29) is 12.0 Å². The lowest BCUT2D eigenvalue weighted by molar-refractivity contribution is -0.123. The molecule has 0 spiro atoms. The van der Waals surface area contributed by atoms with Crippen LogP contribution in [0.3, 0.4) is 0 Å². The lowest BCUT2D eigenvalue weighted by Crippen LogP contribution is -2.50. The number of morpholine rings is 1. The van der Waals surface area contributed by atoms with Crippen LogP contribution in [0.2, 0.25) is 0 Å². The highest BCUT2D eigenvalue weighted by atomic mass is 16.5. The molecule has 0 radical (unpaired) electrons. The summed E-state index contributed by atoms with van der Waals surface area (Å²) in [6, 6.07) is 0. The molecular weight excluding hydrogens is 278 g/mol. The Bertz CT molecular complexity index is 349. The maximum Gasteiger partial charge on any atom is 0.234 e. The molecule has 2 atom stereocenters. The van der Waals surface area contributed by atoms with E-state index in [4.69, 9.17) is 4.74 Å². The number of likely N-dealkylation sites (tertiary alicyclic amines) is 1. The van der Waals surface area contributed by atoms with Crippen LogP contribution in [0.5, 0.6) is 0 Å². The molecule has 0 aliphatic carbocycles. The van der Waals surface area contributed by atoms with Crippen molar-refractivity contribution in [1.82, 2.24) is 15.1 Å². The zero-order valence-corrected chi connectivity index (χ0v) is 14.5. The quantitative estimate of drug-likeness (QED) is 0.800. The standard InChI is InChI=1S/C17H33N3O2/c1-14(2)10-20-7-8-22-16(12-20)9-18-17(21)13-19-6-4-5-15(3)11-19/h14-16H,4-13H2,1-3H3,(H,18,21). The Balaban J connectivity index is 1.65. The van der Waals surface area contributed by atoms with Gasteiger partial charge in [-0.2, -0.15) is 0 Å². The van der Waals surface area contributed by atoms with Crippen LogP contribution in [-0.2, 0) is 9.53 Å². The van der Waals surface area contributed by atoms with E-state index in [1.54, 1.807) is 0 Å². The first-order chi connectivity index (χ1) is 10.5. The Hall–Kier alpha value is -0.650. The van der Waals surface area contributed by atoms with E-state index in [2.05, 4.69) is 35.9 Å². The number of ether oxygens (including phenoxy) is 1. The minimum absolute atomic E-state index is 0.136. The van der Waals surface area contributed by atoms with Gasteiger partial charge in [0.2, 0.25) is 5.91 Å². The molecule has 0 aromatic rings. The number of nitrogens with zero attached hydrogens (tertiary/aromatic N) is 2. The molecule has 0 saturated carbocycles. The molecule has 2 rings (SSSR count). The molecular formula is C17H33N3O2. The summed E-state index contributed by atoms with van der Waals surface area (Å²) in [4.78, 5) is 16.8. The zero-order chi connectivity index (χ0) is 15.9. The van der Waals surface area contributed by atoms with Crippen LogP contribution >= 0.6 is 0 Å². The van der Waals surface area contributed by atoms with E-state index < -0.39 is 0 Å². The van der Waals surface area contributed by atoms with Crippen molar-refractivity contribution in [1.29, 1.82) is 0 Å². The van der Waals surface area contributed by atoms with Crippen LogP contribution in [-0.4, -0.2) is 74.2 Å². The van der Waals surface area contributed by atoms with Crippen molar-refractivity contribution in [2.75, 3.05) is 52.4 Å². The molecule has 2 heterocycles. The van der Waals surface area contributed by atoms with Crippen molar-refractivity contribution in [3.05, 3.63) is 0 Å². The number of carbonyl (C=O) groups excluding carboxylic acids is 1. The monoisotopic (exact) mass is 311 g/mol. The maximum atomic E-state index is 12.1. The van der Waals surface area contributed by atoms with Gasteiger partial charge in [-0.25, -0.2) is 0 Å². The normalized spacial score (nSPS) is 28.0. The highest BCUT2D eigenvalue weighted by molar-refractivity contribution is 5.78. The van der Waals surface area contributed by atoms with Gasteiger partial charge in [0, 0.05) is 32.7 Å². The van der Waals surface area contributed by atoms with E-state index in [9.17, 15) is 4.79 Å². The summed E-state index contributed by atoms with van der Waals surface area (Å²) >= 11 is 0. The minimum atomic E-state index is 0.136. The predicted octanol–water partition coefficient (Wildman–Crippen LogP) is 1.19. The Labute approximate surface area is 135 Å². The second-order valence-electron chi connectivity index (χ2n) is 7.43. The molecule has 0 aromatic heterocycles. The third kappa shape index (κ3) is 6.23. The van der Waals surface area contributed by atoms with Gasteiger partial charge in [0.25, 0.3) is 0 Å². The summed E-state index contributed by atoms with van der Waals surface area (Å²) in [7, 11) is 0. The van der Waals surface area contributed by atoms with Crippen molar-refractivity contribution in [3.63, 3.8) is 0 Å². The lowest BCUT2D eigenvalue weighted by atomic mass is 10.0. The number of amides is 1. The lowest BCUT2D eigenvalue weighted by Gasteiger charge is -2.34. The van der Waals surface area contributed by atoms with E-state index in [1.807, 2.05) is 0 Å². The molecule has 2 unspecified atom stereocenters. The van der Waals surface area contributed by atoms with E-state index in [1.165, 1.54) is 12.8 Å². The first kappa shape index (κ1) is 17.7. The minimum Gasteiger partial charge on any atom is -0.374 e. The fourth-order valence-electron chi connectivity index (χ4n) is 3.50. The predicted molar refractivity (Wildman–Crippen MR) is 88.9 cm³/mol. The van der Waals surface area contributed by atoms with Gasteiger partial charge in [-0.15, -0.1) is 0 Å². The van der Waals surface area contributed by atoms with Gasteiger partial charge in [0.1, 0.15) is 0 Å². The third-order valence-corrected chi connectivity index (χ3v) is 4.48. The molecule has 0 aromatic carbocycles. The van der Waals surface area contributed by atoms with Crippen LogP contribution < -0.4 is 5.32 Å². The molecule has 5 heteroatoms. The fourth-order valence-corrected chi connectivity index (χ4v) is 3.50. The van der Waals surface area contributed by atoms with Crippen molar-refractivity contribution in [2.24, 2.45) is 11.8 Å². The Morgan fingerprint density at radius 3 is 2.82 bits per heavy atom. The van der Waals surface area contributed by atoms with Crippen molar-refractivity contribution >= 4 is 5.91 Å². The Morgan fingerprint density at radius 1 is 1.27 bits per heavy atom. The highest BCUT2D eigenvalue weighted by Crippen LogP contribution is 2.14. The number of hydrogen-bond donors (Lipinski definition) is 1. The molecule has 22 heavy (non-hydrogen) atoms. The van der Waals surface area contributed by atoms with Crippen LogP contribution in [0.1, 0.15) is 33.6 Å². The number of nitrogens with one attached hydrogen (secondary N) is 1. The van der Waals surface area contributed by atoms with Crippen molar-refractivity contribution in [2.45, 2.75) is 39.7 Å². The molecule has 2 aliphatic heterocycles. The van der Waals surface area contributed by atoms with Gasteiger partial charge >= 0.3 is 0 Å². The summed E-state index contributed by atoms with van der Waals surface area (Å²) in [5, 5.41) is 3.06. The van der Waals surface area contributed by atoms with Crippen molar-refractivity contribution in [3.8, 4) is 0 Å². The summed E-state index contributed by atoms with van der Waals surface area (Å²) in [6.07, 6.45) is 2.64. The topological polar surface area (TPSA) is 44.8 Å². The summed E-state index contributed by atoms with van der Waals surface area (Å²) in [5.41, 5.74) is 0. The molecule has 2 fully saturated rings. The molecule has 128 valence electrons. The average Bonchev–Trinajstić information content (AvgIpc) is 2.45. The first-order valence-electron chi connectivity index (χ1n) is 8.86. The van der Waals surface area contributed by atoms with Crippen molar-refractivity contribution < 1.29 is 9.53 Å². The first-order valence-corrected chi connectivity index (χ1v) is 8.86. The van der Waals surface area contributed by atoms with Gasteiger partial charge < -0.3 is 10.1 Å². The molecule has 0 bridgehead atoms. The second-order valence-corrected chi connectivity index (χ2v) is 7.43. The number of carbonyl (C=O) groups is 1. The molecule has 2 aliphatic rings. The van der Waals surface area contributed by atoms with E-state index in [0.717, 1.165) is 39.3 Å². The third-order valence-electron chi connectivity index (χ3n) is 4.48. The van der Waals surface area contributed by atoms with Crippen LogP contribution in [0, 0.1) is 11.8 Å². The summed E-state index contributed by atoms with van der Waals surface area (Å²) in [6.45, 7) is 13.9. The van der Waals surface area contributed by atoms with E-state index in [0.29, 0.717) is 24.9 Å². The SMILES string of the molecule is CC(C)CN1CCOC(CNC(=O)CN2CCCC(C)C2)C1. The molecule has 1 N–H and O–H groups in total. The van der Waals surface area contributed by atoms with Gasteiger partial charge in [0.15, 0.2) is 0 Å². The molecule has 1 amide bonds. The number of hydrogen-bond acceptors (Lipinski definition) is 4. The van der Waals surface area contributed by atoms with Gasteiger partial charge in [0.05, 0.1) is 19.3 Å². The average molecular weight is 311 g/mol. The fraction of sp³-hybridized carbons (Fsp3) is 0.941. The van der Waals surface area contributed by atoms with Gasteiger partial charge in [-0.05, 0) is 31.2 Å². The number of piperidine rings is 1. The molecule has 5 nitrogen and oxygen atoms in total. The van der Waals surface area contributed by atoms with Crippen LogP contribution in [0.25, 0.3) is 0 Å². The number of rotatable bonds is 6. The largest absolute Gasteiger partial charge is 0.374 e. The van der Waals surface area contributed by atoms with Gasteiger partial charge in [-0.3, -0.25) is 14.6 Å². The Morgan fingerprint density at radius 2 is 2.09 bits per heavy atom. The summed E-state index contributed by atoms with van der Waals surface area (Å²) in [5.74, 6) is 1.53.